The van der Waals surface area contributed by atoms with Crippen LogP contribution in [0.5, 0.6) is 0 Å². The van der Waals surface area contributed by atoms with E-state index in [1.165, 1.54) is 43.4 Å². The summed E-state index contributed by atoms with van der Waals surface area (Å²) in [4.78, 5) is 2.32. The molecule has 0 radical (unpaired) electrons. The Morgan fingerprint density at radius 2 is 0.964 bits per heavy atom. The van der Waals surface area contributed by atoms with Crippen LogP contribution in [-0.4, -0.2) is 0 Å². The molecule has 0 saturated carbocycles. The van der Waals surface area contributed by atoms with Crippen LogP contribution in [0, 0.1) is 0 Å². The summed E-state index contributed by atoms with van der Waals surface area (Å²) in [7, 11) is 0. The lowest BCUT2D eigenvalue weighted by molar-refractivity contribution is 0.643. The van der Waals surface area contributed by atoms with Crippen LogP contribution in [0.4, 0.5) is 28.4 Å². The molecule has 0 aliphatic carbocycles. The molecule has 0 bridgehead atoms. The number of benzene rings is 9. The molecule has 9 rings (SSSR count). The highest BCUT2D eigenvalue weighted by atomic mass is 15.1. The van der Waals surface area contributed by atoms with Crippen LogP contribution in [0.3, 0.4) is 0 Å². The summed E-state index contributed by atoms with van der Waals surface area (Å²) in [6, 6.07) is 71.9. The fraction of sp³-hybridized carbons (Fsp3) is 0.0566. The second-order valence-corrected chi connectivity index (χ2v) is 14.7. The van der Waals surface area contributed by atoms with Crippen molar-refractivity contribution in [3.8, 4) is 0 Å². The first kappa shape index (κ1) is 33.9. The quantitative estimate of drug-likeness (QED) is 0.119. The first-order valence-corrected chi connectivity index (χ1v) is 19.0. The highest BCUT2D eigenvalue weighted by Crippen LogP contribution is 2.41. The van der Waals surface area contributed by atoms with E-state index in [1.807, 2.05) is 0 Å². The van der Waals surface area contributed by atoms with Gasteiger partial charge in [-0.1, -0.05) is 172 Å². The lowest BCUT2D eigenvalue weighted by Gasteiger charge is -2.29. The van der Waals surface area contributed by atoms with Gasteiger partial charge in [-0.05, 0) is 104 Å². The molecule has 1 N–H and O–H groups in total. The fourth-order valence-corrected chi connectivity index (χ4v) is 7.87. The van der Waals surface area contributed by atoms with Gasteiger partial charge in [0.25, 0.3) is 0 Å². The highest BCUT2D eigenvalue weighted by Gasteiger charge is 2.26. The fourth-order valence-electron chi connectivity index (χ4n) is 7.87. The predicted octanol–water partition coefficient (Wildman–Crippen LogP) is 14.9. The van der Waals surface area contributed by atoms with Crippen molar-refractivity contribution in [3.05, 3.63) is 222 Å². The maximum Gasteiger partial charge on any atom is 0.0470 e. The Morgan fingerprint density at radius 1 is 0.400 bits per heavy atom. The number of nitrogens with one attached hydrogen (secondary N) is 1. The van der Waals surface area contributed by atoms with Crippen molar-refractivity contribution in [2.45, 2.75) is 19.3 Å². The van der Waals surface area contributed by atoms with Gasteiger partial charge in [0.15, 0.2) is 0 Å². The molecule has 2 heteroatoms. The minimum absolute atomic E-state index is 0.259. The van der Waals surface area contributed by atoms with Crippen LogP contribution in [0.2, 0.25) is 0 Å². The third-order valence-corrected chi connectivity index (χ3v) is 10.9. The second-order valence-electron chi connectivity index (χ2n) is 14.7. The van der Waals surface area contributed by atoms with Gasteiger partial charge < -0.3 is 10.2 Å². The molecule has 9 aromatic rings. The molecule has 2 nitrogen and oxygen atoms in total. The molecule has 0 saturated heterocycles. The van der Waals surface area contributed by atoms with Crippen molar-refractivity contribution in [2.24, 2.45) is 0 Å². The molecule has 0 spiro atoms. The van der Waals surface area contributed by atoms with Gasteiger partial charge >= 0.3 is 0 Å². The number of rotatable bonds is 9. The van der Waals surface area contributed by atoms with E-state index >= 15 is 0 Å². The van der Waals surface area contributed by atoms with Crippen molar-refractivity contribution in [3.63, 3.8) is 0 Å². The molecule has 0 unspecified atom stereocenters. The van der Waals surface area contributed by atoms with Gasteiger partial charge in [0.1, 0.15) is 0 Å². The lowest BCUT2D eigenvalue weighted by Crippen LogP contribution is -2.20. The Hall–Kier alpha value is -6.90. The molecule has 0 aliphatic heterocycles. The van der Waals surface area contributed by atoms with Gasteiger partial charge in [-0.15, -0.1) is 0 Å². The van der Waals surface area contributed by atoms with Crippen molar-refractivity contribution >= 4 is 72.9 Å². The average Bonchev–Trinajstić information content (AvgIpc) is 3.24. The number of nitrogens with zero attached hydrogens (tertiary/aromatic N) is 1. The summed E-state index contributed by atoms with van der Waals surface area (Å²) in [6.07, 6.45) is 4.44. The Kier molecular flexibility index (Phi) is 8.94. The van der Waals surface area contributed by atoms with E-state index in [9.17, 15) is 0 Å². The largest absolute Gasteiger partial charge is 0.355 e. The van der Waals surface area contributed by atoms with Crippen molar-refractivity contribution in [1.29, 1.82) is 0 Å². The summed E-state index contributed by atoms with van der Waals surface area (Å²) >= 11 is 0. The van der Waals surface area contributed by atoms with Gasteiger partial charge in [-0.25, -0.2) is 0 Å². The molecule has 0 aromatic heterocycles. The number of fused-ring (bicyclic) bond motifs is 4. The smallest absolute Gasteiger partial charge is 0.0470 e. The topological polar surface area (TPSA) is 15.3 Å². The van der Waals surface area contributed by atoms with Crippen LogP contribution in [0.25, 0.3) is 44.5 Å². The van der Waals surface area contributed by atoms with E-state index in [2.05, 4.69) is 236 Å². The monoisotopic (exact) mass is 706 g/mol. The SMILES string of the molecule is CC(C)(c1ccccc1)c1cc(/C=C/c2ccc(N(c3ccccc3)c3ccc4ccccc4c3)cc2)ccc1Nc1cc2ccccc2c2ccccc12. The number of para-hydroxylation sites is 1. The number of hydrogen-bond donors (Lipinski definition) is 1. The Balaban J connectivity index is 1.06. The van der Waals surface area contributed by atoms with Crippen LogP contribution >= 0.6 is 0 Å². The Bertz CT molecular complexity index is 2800. The zero-order valence-corrected chi connectivity index (χ0v) is 31.2. The summed E-state index contributed by atoms with van der Waals surface area (Å²) in [5, 5.41) is 11.3. The molecule has 55 heavy (non-hydrogen) atoms. The van der Waals surface area contributed by atoms with Gasteiger partial charge in [-0.3, -0.25) is 0 Å². The summed E-state index contributed by atoms with van der Waals surface area (Å²) in [5.41, 5.74) is 10.1. The molecule has 0 amide bonds. The van der Waals surface area contributed by atoms with E-state index in [1.54, 1.807) is 0 Å². The maximum absolute atomic E-state index is 3.91. The van der Waals surface area contributed by atoms with Gasteiger partial charge in [0.05, 0.1) is 0 Å². The van der Waals surface area contributed by atoms with Crippen LogP contribution < -0.4 is 10.2 Å². The minimum Gasteiger partial charge on any atom is -0.355 e. The van der Waals surface area contributed by atoms with Gasteiger partial charge in [0, 0.05) is 39.2 Å². The van der Waals surface area contributed by atoms with E-state index in [0.717, 1.165) is 39.6 Å². The van der Waals surface area contributed by atoms with Crippen molar-refractivity contribution in [2.75, 3.05) is 10.2 Å². The van der Waals surface area contributed by atoms with Gasteiger partial charge in [-0.2, -0.15) is 0 Å². The van der Waals surface area contributed by atoms with Crippen LogP contribution in [-0.2, 0) is 5.41 Å². The highest BCUT2D eigenvalue weighted by molar-refractivity contribution is 6.13. The minimum atomic E-state index is -0.259. The molecule has 0 fully saturated rings. The molecule has 0 aliphatic rings. The molecular formula is C53H42N2. The molecule has 264 valence electrons. The lowest BCUT2D eigenvalue weighted by atomic mass is 9.76. The standard InChI is InChI=1S/C53H42N2/c1-53(2,43-18-5-3-6-19-43)50-35-39(29-34-51(50)54-52-37-42-17-11-12-22-47(42)48-23-13-14-24-49(48)52)26-25-38-27-31-45(32-28-38)55(44-20-7-4-8-21-44)46-33-30-40-15-9-10-16-41(40)36-46/h3-37,54H,1-2H3/b26-25+. The summed E-state index contributed by atoms with van der Waals surface area (Å²) in [5.74, 6) is 0. The first-order chi connectivity index (χ1) is 27.0. The Labute approximate surface area is 323 Å². The van der Waals surface area contributed by atoms with E-state index in [0.29, 0.717) is 0 Å². The zero-order valence-electron chi connectivity index (χ0n) is 31.2. The van der Waals surface area contributed by atoms with Crippen LogP contribution in [0.15, 0.2) is 200 Å². The van der Waals surface area contributed by atoms with E-state index in [-0.39, 0.29) is 5.41 Å². The van der Waals surface area contributed by atoms with Gasteiger partial charge in [0.2, 0.25) is 0 Å². The number of anilines is 5. The second kappa shape index (κ2) is 14.5. The van der Waals surface area contributed by atoms with Crippen molar-refractivity contribution in [1.82, 2.24) is 0 Å². The maximum atomic E-state index is 3.91. The average molecular weight is 707 g/mol. The molecular weight excluding hydrogens is 665 g/mol. The normalized spacial score (nSPS) is 11.7. The molecule has 0 heterocycles. The van der Waals surface area contributed by atoms with Crippen molar-refractivity contribution < 1.29 is 0 Å². The summed E-state index contributed by atoms with van der Waals surface area (Å²) < 4.78 is 0. The van der Waals surface area contributed by atoms with E-state index in [4.69, 9.17) is 0 Å². The van der Waals surface area contributed by atoms with Crippen LogP contribution in [0.1, 0.15) is 36.1 Å². The third-order valence-electron chi connectivity index (χ3n) is 10.9. The zero-order chi connectivity index (χ0) is 37.2. The summed E-state index contributed by atoms with van der Waals surface area (Å²) in [6.45, 7) is 4.64. The third kappa shape index (κ3) is 6.75. The van der Waals surface area contributed by atoms with E-state index < -0.39 is 0 Å². The molecule has 9 aromatic carbocycles. The number of hydrogen-bond acceptors (Lipinski definition) is 2. The first-order valence-electron chi connectivity index (χ1n) is 19.0. The predicted molar refractivity (Wildman–Crippen MR) is 237 cm³/mol. The Morgan fingerprint density at radius 3 is 1.73 bits per heavy atom. The molecule has 0 atom stereocenters.